The summed E-state index contributed by atoms with van der Waals surface area (Å²) in [5, 5.41) is 12.8. The fourth-order valence-corrected chi connectivity index (χ4v) is 4.86. The van der Waals surface area contributed by atoms with Crippen LogP contribution in [0.3, 0.4) is 0 Å². The van der Waals surface area contributed by atoms with Gasteiger partial charge in [0.2, 0.25) is 10.0 Å². The van der Waals surface area contributed by atoms with Crippen LogP contribution in [0.4, 0.5) is 4.39 Å². The first-order valence-corrected chi connectivity index (χ1v) is 10.7. The van der Waals surface area contributed by atoms with E-state index >= 15 is 0 Å². The van der Waals surface area contributed by atoms with Gasteiger partial charge in [-0.05, 0) is 36.4 Å². The lowest BCUT2D eigenvalue weighted by molar-refractivity contribution is 0.136. The van der Waals surface area contributed by atoms with Crippen molar-refractivity contribution < 1.29 is 17.9 Å². The van der Waals surface area contributed by atoms with Gasteiger partial charge in [-0.1, -0.05) is 36.4 Å². The monoisotopic (exact) mass is 412 g/mol. The van der Waals surface area contributed by atoms with Crippen LogP contribution in [0, 0.1) is 5.82 Å². The molecule has 0 bridgehead atoms. The van der Waals surface area contributed by atoms with Crippen molar-refractivity contribution in [2.75, 3.05) is 13.6 Å². The zero-order valence-corrected chi connectivity index (χ0v) is 16.7. The van der Waals surface area contributed by atoms with Crippen LogP contribution in [0.15, 0.2) is 77.7 Å². The fourth-order valence-electron chi connectivity index (χ4n) is 3.65. The topological polar surface area (TPSA) is 62.5 Å². The molecule has 3 aromatic carbocycles. The first-order valence-electron chi connectivity index (χ1n) is 9.24. The van der Waals surface area contributed by atoms with E-state index in [4.69, 9.17) is 0 Å². The van der Waals surface area contributed by atoms with E-state index in [2.05, 4.69) is 0 Å². The molecule has 4 rings (SSSR count). The maximum absolute atomic E-state index is 13.1. The SMILES string of the molecule is CN(C[C@H](O)Cn1c2ccccc2c2ccccc21)S(=O)(=O)c1ccc(F)cc1. The molecule has 5 nitrogen and oxygen atoms in total. The number of likely N-dealkylation sites (N-methyl/N-ethyl adjacent to an activating group) is 1. The van der Waals surface area contributed by atoms with Crippen LogP contribution < -0.4 is 0 Å². The Morgan fingerprint density at radius 1 is 0.931 bits per heavy atom. The van der Waals surface area contributed by atoms with Gasteiger partial charge in [0.15, 0.2) is 0 Å². The number of halogens is 1. The minimum Gasteiger partial charge on any atom is -0.390 e. The Labute approximate surface area is 168 Å². The van der Waals surface area contributed by atoms with Crippen LogP contribution in [0.2, 0.25) is 0 Å². The number of nitrogens with zero attached hydrogens (tertiary/aromatic N) is 2. The van der Waals surface area contributed by atoms with E-state index < -0.39 is 21.9 Å². The summed E-state index contributed by atoms with van der Waals surface area (Å²) in [6.07, 6.45) is -0.922. The lowest BCUT2D eigenvalue weighted by atomic mass is 10.2. The lowest BCUT2D eigenvalue weighted by Gasteiger charge is -2.21. The number of aliphatic hydroxyl groups is 1. The molecule has 150 valence electrons. The summed E-state index contributed by atoms with van der Waals surface area (Å²) < 4.78 is 41.6. The van der Waals surface area contributed by atoms with Crippen LogP contribution in [0.25, 0.3) is 21.8 Å². The summed E-state index contributed by atoms with van der Waals surface area (Å²) in [4.78, 5) is -0.00883. The fraction of sp³-hybridized carbons (Fsp3) is 0.182. The van der Waals surface area contributed by atoms with Gasteiger partial charge < -0.3 is 9.67 Å². The van der Waals surface area contributed by atoms with Crippen LogP contribution in [0.5, 0.6) is 0 Å². The van der Waals surface area contributed by atoms with Crippen LogP contribution >= 0.6 is 0 Å². The molecule has 29 heavy (non-hydrogen) atoms. The molecule has 0 aliphatic carbocycles. The molecule has 4 aromatic rings. The highest BCUT2D eigenvalue weighted by atomic mass is 32.2. The van der Waals surface area contributed by atoms with Crippen molar-refractivity contribution in [2.45, 2.75) is 17.5 Å². The molecule has 0 aliphatic rings. The predicted molar refractivity (Wildman–Crippen MR) is 112 cm³/mol. The Morgan fingerprint density at radius 3 is 2.00 bits per heavy atom. The van der Waals surface area contributed by atoms with Crippen molar-refractivity contribution in [3.8, 4) is 0 Å². The number of rotatable bonds is 6. The Kier molecular flexibility index (Phi) is 5.12. The van der Waals surface area contributed by atoms with Gasteiger partial charge in [-0.15, -0.1) is 0 Å². The third-order valence-electron chi connectivity index (χ3n) is 5.06. The number of sulfonamides is 1. The van der Waals surface area contributed by atoms with Crippen LogP contribution in [-0.4, -0.2) is 42.1 Å². The Hall–Kier alpha value is -2.74. The number of fused-ring (bicyclic) bond motifs is 3. The molecule has 7 heteroatoms. The second kappa shape index (κ2) is 7.59. The minimum atomic E-state index is -3.82. The third kappa shape index (κ3) is 3.64. The second-order valence-corrected chi connectivity index (χ2v) is 9.08. The highest BCUT2D eigenvalue weighted by molar-refractivity contribution is 7.89. The van der Waals surface area contributed by atoms with E-state index in [9.17, 15) is 17.9 Å². The molecular weight excluding hydrogens is 391 g/mol. The van der Waals surface area contributed by atoms with Gasteiger partial charge in [-0.25, -0.2) is 12.8 Å². The molecule has 1 heterocycles. The van der Waals surface area contributed by atoms with Crippen molar-refractivity contribution >= 4 is 31.8 Å². The average Bonchev–Trinajstić information content (AvgIpc) is 3.02. The molecule has 1 atom stereocenters. The Morgan fingerprint density at radius 2 is 1.45 bits per heavy atom. The number of para-hydroxylation sites is 2. The first-order chi connectivity index (χ1) is 13.9. The highest BCUT2D eigenvalue weighted by Crippen LogP contribution is 2.29. The van der Waals surface area contributed by atoms with E-state index in [0.29, 0.717) is 0 Å². The predicted octanol–water partition coefficient (Wildman–Crippen LogP) is 3.62. The molecule has 0 saturated heterocycles. The van der Waals surface area contributed by atoms with E-state index in [0.717, 1.165) is 38.2 Å². The van der Waals surface area contributed by atoms with Crippen molar-refractivity contribution in [1.29, 1.82) is 0 Å². The van der Waals surface area contributed by atoms with Crippen LogP contribution in [0.1, 0.15) is 0 Å². The quantitative estimate of drug-likeness (QED) is 0.526. The maximum Gasteiger partial charge on any atom is 0.242 e. The molecule has 0 radical (unpaired) electrons. The lowest BCUT2D eigenvalue weighted by Crippen LogP contribution is -2.36. The summed E-state index contributed by atoms with van der Waals surface area (Å²) in [6, 6.07) is 20.5. The minimum absolute atomic E-state index is 0.00883. The molecular formula is C22H21FN2O3S. The van der Waals surface area contributed by atoms with Gasteiger partial charge >= 0.3 is 0 Å². The molecule has 0 unspecified atom stereocenters. The normalized spacial score (nSPS) is 13.4. The van der Waals surface area contributed by atoms with Crippen molar-refractivity contribution in [1.82, 2.24) is 8.87 Å². The number of hydrogen-bond donors (Lipinski definition) is 1. The van der Waals surface area contributed by atoms with E-state index in [1.54, 1.807) is 0 Å². The van der Waals surface area contributed by atoms with Gasteiger partial charge in [-0.3, -0.25) is 0 Å². The van der Waals surface area contributed by atoms with Crippen molar-refractivity contribution in [2.24, 2.45) is 0 Å². The smallest absolute Gasteiger partial charge is 0.242 e. The summed E-state index contributed by atoms with van der Waals surface area (Å²) in [7, 11) is -2.41. The van der Waals surface area contributed by atoms with Crippen molar-refractivity contribution in [3.63, 3.8) is 0 Å². The zero-order valence-electron chi connectivity index (χ0n) is 15.9. The average molecular weight is 412 g/mol. The first kappa shape index (κ1) is 19.6. The summed E-state index contributed by atoms with van der Waals surface area (Å²) in [5.74, 6) is -0.502. The zero-order chi connectivity index (χ0) is 20.6. The van der Waals surface area contributed by atoms with Gasteiger partial charge in [0.25, 0.3) is 0 Å². The number of benzene rings is 3. The van der Waals surface area contributed by atoms with E-state index in [1.165, 1.54) is 19.2 Å². The summed E-state index contributed by atoms with van der Waals surface area (Å²) in [6.45, 7) is 0.165. The number of hydrogen-bond acceptors (Lipinski definition) is 3. The van der Waals surface area contributed by atoms with Gasteiger partial charge in [0.1, 0.15) is 5.82 Å². The van der Waals surface area contributed by atoms with E-state index in [-0.39, 0.29) is 18.0 Å². The molecule has 0 fully saturated rings. The maximum atomic E-state index is 13.1. The van der Waals surface area contributed by atoms with Gasteiger partial charge in [0.05, 0.1) is 17.5 Å². The molecule has 1 N–H and O–H groups in total. The Balaban J connectivity index is 1.60. The van der Waals surface area contributed by atoms with Gasteiger partial charge in [-0.2, -0.15) is 4.31 Å². The largest absolute Gasteiger partial charge is 0.390 e. The van der Waals surface area contributed by atoms with Gasteiger partial charge in [0, 0.05) is 35.4 Å². The van der Waals surface area contributed by atoms with Crippen molar-refractivity contribution in [3.05, 3.63) is 78.6 Å². The summed E-state index contributed by atoms with van der Waals surface area (Å²) >= 11 is 0. The second-order valence-electron chi connectivity index (χ2n) is 7.04. The van der Waals surface area contributed by atoms with E-state index in [1.807, 2.05) is 53.1 Å². The standard InChI is InChI=1S/C22H21FN2O3S/c1-24(29(27,28)18-12-10-16(23)11-13-18)14-17(26)15-25-21-8-4-2-6-19(21)20-7-3-5-9-22(20)25/h2-13,17,26H,14-15H2,1H3/t17-/m0/s1. The molecule has 0 amide bonds. The number of aromatic nitrogens is 1. The van der Waals surface area contributed by atoms with Crippen LogP contribution in [-0.2, 0) is 16.6 Å². The molecule has 0 saturated carbocycles. The third-order valence-corrected chi connectivity index (χ3v) is 6.90. The summed E-state index contributed by atoms with van der Waals surface area (Å²) in [5.41, 5.74) is 1.97. The molecule has 0 spiro atoms. The molecule has 0 aliphatic heterocycles. The Bertz CT molecular complexity index is 1210. The highest BCUT2D eigenvalue weighted by Gasteiger charge is 2.24. The number of aliphatic hydroxyl groups excluding tert-OH is 1. The molecule has 1 aromatic heterocycles.